The zero-order valence-electron chi connectivity index (χ0n) is 9.13. The van der Waals surface area contributed by atoms with Gasteiger partial charge in [0.2, 0.25) is 0 Å². The first-order valence-corrected chi connectivity index (χ1v) is 5.15. The number of alkyl halides is 3. The number of halogens is 4. The maximum atomic E-state index is 13.3. The van der Waals surface area contributed by atoms with Gasteiger partial charge in [-0.2, -0.15) is 13.2 Å². The molecule has 98 valence electrons. The molecule has 1 fully saturated rings. The van der Waals surface area contributed by atoms with Crippen LogP contribution in [-0.2, 0) is 17.5 Å². The molecule has 1 aromatic carbocycles. The molecule has 0 aliphatic carbocycles. The number of amides is 1. The average molecular weight is 263 g/mol. The van der Waals surface area contributed by atoms with E-state index in [1.54, 1.807) is 0 Å². The van der Waals surface area contributed by atoms with Crippen LogP contribution < -0.4 is 0 Å². The van der Waals surface area contributed by atoms with E-state index in [1.165, 1.54) is 4.90 Å². The fraction of sp³-hybridized carbons (Fsp3) is 0.364. The first-order chi connectivity index (χ1) is 8.38. The summed E-state index contributed by atoms with van der Waals surface area (Å²) < 4.78 is 54.9. The third-order valence-corrected chi connectivity index (χ3v) is 2.56. The zero-order valence-corrected chi connectivity index (χ0v) is 9.13. The fourth-order valence-corrected chi connectivity index (χ4v) is 1.68. The summed E-state index contributed by atoms with van der Waals surface area (Å²) in [4.78, 5) is 12.4. The molecule has 1 amide bonds. The molecule has 0 unspecified atom stereocenters. The molecule has 0 spiro atoms. The highest BCUT2D eigenvalue weighted by atomic mass is 19.4. The number of benzene rings is 1. The van der Waals surface area contributed by atoms with Crippen molar-refractivity contribution in [3.05, 3.63) is 35.1 Å². The molecule has 0 aromatic heterocycles. The topological polar surface area (TPSA) is 29.5 Å². The largest absolute Gasteiger partial charge is 0.448 e. The Kier molecular flexibility index (Phi) is 3.14. The van der Waals surface area contributed by atoms with Crippen LogP contribution in [0.3, 0.4) is 0 Å². The highest BCUT2D eigenvalue weighted by Crippen LogP contribution is 2.31. The molecule has 0 bridgehead atoms. The lowest BCUT2D eigenvalue weighted by Crippen LogP contribution is -2.23. The minimum Gasteiger partial charge on any atom is -0.448 e. The summed E-state index contributed by atoms with van der Waals surface area (Å²) in [5.41, 5.74) is -1.02. The second-order valence-electron chi connectivity index (χ2n) is 3.85. The average Bonchev–Trinajstić information content (AvgIpc) is 2.62. The first-order valence-electron chi connectivity index (χ1n) is 5.15. The van der Waals surface area contributed by atoms with E-state index in [0.717, 1.165) is 12.1 Å². The van der Waals surface area contributed by atoms with Gasteiger partial charge in [0.1, 0.15) is 12.4 Å². The number of rotatable bonds is 2. The quantitative estimate of drug-likeness (QED) is 0.768. The van der Waals surface area contributed by atoms with Crippen molar-refractivity contribution in [2.75, 3.05) is 13.2 Å². The molecule has 0 saturated carbocycles. The van der Waals surface area contributed by atoms with Gasteiger partial charge in [-0.3, -0.25) is 0 Å². The lowest BCUT2D eigenvalue weighted by Gasteiger charge is -2.14. The van der Waals surface area contributed by atoms with E-state index in [4.69, 9.17) is 0 Å². The molecule has 3 nitrogen and oxygen atoms in total. The Morgan fingerprint density at radius 3 is 2.56 bits per heavy atom. The van der Waals surface area contributed by atoms with Crippen molar-refractivity contribution in [3.8, 4) is 0 Å². The fourth-order valence-electron chi connectivity index (χ4n) is 1.68. The van der Waals surface area contributed by atoms with Gasteiger partial charge in [-0.1, -0.05) is 6.07 Å². The summed E-state index contributed by atoms with van der Waals surface area (Å²) >= 11 is 0. The third-order valence-electron chi connectivity index (χ3n) is 2.56. The van der Waals surface area contributed by atoms with E-state index < -0.39 is 23.7 Å². The maximum Gasteiger partial charge on any atom is 0.419 e. The van der Waals surface area contributed by atoms with Crippen LogP contribution in [0, 0.1) is 5.82 Å². The molecule has 0 atom stereocenters. The Labute approximate surface area is 99.9 Å². The molecule has 0 N–H and O–H groups in total. The van der Waals surface area contributed by atoms with Crippen molar-refractivity contribution < 1.29 is 27.1 Å². The van der Waals surface area contributed by atoms with E-state index in [1.807, 2.05) is 0 Å². The minimum atomic E-state index is -4.71. The van der Waals surface area contributed by atoms with Crippen LogP contribution in [-0.4, -0.2) is 24.1 Å². The number of ether oxygens (including phenoxy) is 1. The van der Waals surface area contributed by atoms with Gasteiger partial charge in [0, 0.05) is 6.54 Å². The molecule has 7 heteroatoms. The van der Waals surface area contributed by atoms with Crippen LogP contribution in [0.2, 0.25) is 0 Å². The van der Waals surface area contributed by atoms with Gasteiger partial charge in [-0.05, 0) is 17.7 Å². The zero-order chi connectivity index (χ0) is 13.3. The SMILES string of the molecule is O=C1OCCN1Cc1ccc(C(F)(F)F)c(F)c1. The van der Waals surface area contributed by atoms with Gasteiger partial charge < -0.3 is 9.64 Å². The Hall–Kier alpha value is -1.79. The van der Waals surface area contributed by atoms with Crippen molar-refractivity contribution in [2.45, 2.75) is 12.7 Å². The van der Waals surface area contributed by atoms with Crippen LogP contribution in [0.25, 0.3) is 0 Å². The predicted octanol–water partition coefficient (Wildman–Crippen LogP) is 2.80. The Bertz CT molecular complexity index is 473. The smallest absolute Gasteiger partial charge is 0.419 e. The highest BCUT2D eigenvalue weighted by Gasteiger charge is 2.34. The summed E-state index contributed by atoms with van der Waals surface area (Å²) in [7, 11) is 0. The van der Waals surface area contributed by atoms with Crippen molar-refractivity contribution in [2.24, 2.45) is 0 Å². The van der Waals surface area contributed by atoms with Crippen molar-refractivity contribution in [3.63, 3.8) is 0 Å². The van der Waals surface area contributed by atoms with Crippen LogP contribution >= 0.6 is 0 Å². The van der Waals surface area contributed by atoms with Gasteiger partial charge in [0.05, 0.1) is 12.1 Å². The van der Waals surface area contributed by atoms with Crippen LogP contribution in [0.1, 0.15) is 11.1 Å². The Morgan fingerprint density at radius 2 is 2.06 bits per heavy atom. The van der Waals surface area contributed by atoms with Crippen LogP contribution in [0.15, 0.2) is 18.2 Å². The Morgan fingerprint density at radius 1 is 1.33 bits per heavy atom. The van der Waals surface area contributed by atoms with E-state index in [9.17, 15) is 22.4 Å². The number of hydrogen-bond donors (Lipinski definition) is 0. The van der Waals surface area contributed by atoms with Crippen molar-refractivity contribution in [1.29, 1.82) is 0 Å². The van der Waals surface area contributed by atoms with E-state index in [2.05, 4.69) is 4.74 Å². The molecule has 18 heavy (non-hydrogen) atoms. The van der Waals surface area contributed by atoms with Gasteiger partial charge in [0.25, 0.3) is 0 Å². The lowest BCUT2D eigenvalue weighted by molar-refractivity contribution is -0.140. The van der Waals surface area contributed by atoms with E-state index in [0.29, 0.717) is 18.2 Å². The molecule has 2 rings (SSSR count). The monoisotopic (exact) mass is 263 g/mol. The molecular formula is C11H9F4NO2. The lowest BCUT2D eigenvalue weighted by atomic mass is 10.1. The number of carbonyl (C=O) groups is 1. The summed E-state index contributed by atoms with van der Waals surface area (Å²) in [6.07, 6.45) is -5.26. The van der Waals surface area contributed by atoms with Gasteiger partial charge in [-0.15, -0.1) is 0 Å². The number of nitrogens with zero attached hydrogens (tertiary/aromatic N) is 1. The molecule has 1 aromatic rings. The molecule has 1 saturated heterocycles. The van der Waals surface area contributed by atoms with Gasteiger partial charge in [-0.25, -0.2) is 9.18 Å². The van der Waals surface area contributed by atoms with Crippen LogP contribution in [0.5, 0.6) is 0 Å². The van der Waals surface area contributed by atoms with Crippen LogP contribution in [0.4, 0.5) is 22.4 Å². The number of hydrogen-bond acceptors (Lipinski definition) is 2. The second kappa shape index (κ2) is 4.47. The predicted molar refractivity (Wildman–Crippen MR) is 53.2 cm³/mol. The molecule has 1 heterocycles. The van der Waals surface area contributed by atoms with Gasteiger partial charge in [0.15, 0.2) is 0 Å². The number of cyclic esters (lactones) is 1. The Balaban J connectivity index is 2.16. The van der Waals surface area contributed by atoms with Gasteiger partial charge >= 0.3 is 12.3 Å². The molecular weight excluding hydrogens is 254 g/mol. The van der Waals surface area contributed by atoms with Crippen molar-refractivity contribution in [1.82, 2.24) is 4.90 Å². The molecule has 1 aliphatic rings. The second-order valence-corrected chi connectivity index (χ2v) is 3.85. The summed E-state index contributed by atoms with van der Waals surface area (Å²) in [5.74, 6) is -1.34. The van der Waals surface area contributed by atoms with Crippen molar-refractivity contribution >= 4 is 6.09 Å². The molecule has 0 radical (unpaired) electrons. The number of carbonyl (C=O) groups excluding carboxylic acids is 1. The van der Waals surface area contributed by atoms with E-state index >= 15 is 0 Å². The summed E-state index contributed by atoms with van der Waals surface area (Å²) in [5, 5.41) is 0. The molecule has 1 aliphatic heterocycles. The summed E-state index contributed by atoms with van der Waals surface area (Å²) in [6, 6.07) is 2.61. The normalized spacial score (nSPS) is 16.0. The first kappa shape index (κ1) is 12.7. The maximum absolute atomic E-state index is 13.3. The standard InChI is InChI=1S/C11H9F4NO2/c12-9-5-7(1-2-8(9)11(13,14)15)6-16-3-4-18-10(16)17/h1-2,5H,3-4,6H2. The highest BCUT2D eigenvalue weighted by molar-refractivity contribution is 5.69. The minimum absolute atomic E-state index is 0.0356. The summed E-state index contributed by atoms with van der Waals surface area (Å²) in [6.45, 7) is 0.622. The van der Waals surface area contributed by atoms with E-state index in [-0.39, 0.29) is 13.2 Å². The third kappa shape index (κ3) is 2.55.